The van der Waals surface area contributed by atoms with E-state index in [-0.39, 0.29) is 6.04 Å². The van der Waals surface area contributed by atoms with Crippen LogP contribution in [0.25, 0.3) is 0 Å². The van der Waals surface area contributed by atoms with E-state index in [2.05, 4.69) is 14.8 Å². The fourth-order valence-corrected chi connectivity index (χ4v) is 3.03. The Labute approximate surface area is 102 Å². The van der Waals surface area contributed by atoms with E-state index in [4.69, 9.17) is 0 Å². The van der Waals surface area contributed by atoms with E-state index < -0.39 is 10.2 Å². The number of para-hydroxylation sites is 1. The molecule has 2 rings (SSSR count). The highest BCUT2D eigenvalue weighted by Gasteiger charge is 2.19. The molecule has 1 fully saturated rings. The second-order valence-electron chi connectivity index (χ2n) is 4.11. The Morgan fingerprint density at radius 3 is 2.41 bits per heavy atom. The van der Waals surface area contributed by atoms with Crippen molar-refractivity contribution in [3.63, 3.8) is 0 Å². The zero-order valence-corrected chi connectivity index (χ0v) is 10.3. The van der Waals surface area contributed by atoms with E-state index >= 15 is 0 Å². The topological polar surface area (TPSA) is 70.2 Å². The molecule has 0 aliphatic carbocycles. The summed E-state index contributed by atoms with van der Waals surface area (Å²) in [5.74, 6) is 0. The maximum Gasteiger partial charge on any atom is 0.299 e. The third-order valence-corrected chi connectivity index (χ3v) is 3.84. The third-order valence-electron chi connectivity index (χ3n) is 2.69. The lowest BCUT2D eigenvalue weighted by Gasteiger charge is -2.23. The molecule has 1 heterocycles. The van der Waals surface area contributed by atoms with Gasteiger partial charge >= 0.3 is 0 Å². The van der Waals surface area contributed by atoms with Gasteiger partial charge in [-0.3, -0.25) is 4.72 Å². The van der Waals surface area contributed by atoms with Crippen molar-refractivity contribution in [2.45, 2.75) is 18.9 Å². The molecule has 0 saturated carbocycles. The van der Waals surface area contributed by atoms with Crippen LogP contribution in [0.1, 0.15) is 12.8 Å². The first-order chi connectivity index (χ1) is 8.16. The molecule has 94 valence electrons. The maximum absolute atomic E-state index is 11.8. The van der Waals surface area contributed by atoms with Crippen LogP contribution < -0.4 is 14.8 Å². The van der Waals surface area contributed by atoms with Crippen LogP contribution in [0.2, 0.25) is 0 Å². The minimum Gasteiger partial charge on any atom is -0.317 e. The van der Waals surface area contributed by atoms with Gasteiger partial charge in [0, 0.05) is 11.7 Å². The van der Waals surface area contributed by atoms with Crippen LogP contribution in [0.15, 0.2) is 30.3 Å². The highest BCUT2D eigenvalue weighted by Crippen LogP contribution is 2.09. The lowest BCUT2D eigenvalue weighted by atomic mass is 10.1. The summed E-state index contributed by atoms with van der Waals surface area (Å²) in [6.07, 6.45) is 1.66. The largest absolute Gasteiger partial charge is 0.317 e. The highest BCUT2D eigenvalue weighted by molar-refractivity contribution is 7.90. The summed E-state index contributed by atoms with van der Waals surface area (Å²) in [7, 11) is -3.46. The molecule has 1 aromatic carbocycles. The summed E-state index contributed by atoms with van der Waals surface area (Å²) < 4.78 is 28.8. The quantitative estimate of drug-likeness (QED) is 0.741. The summed E-state index contributed by atoms with van der Waals surface area (Å²) in [4.78, 5) is 0. The molecule has 1 aromatic rings. The standard InChI is InChI=1S/C11H17N3O2S/c15-17(16,13-10-4-2-1-3-5-10)14-11-6-8-12-9-7-11/h1-5,11-14H,6-9H2. The second-order valence-corrected chi connectivity index (χ2v) is 5.56. The van der Waals surface area contributed by atoms with Gasteiger partial charge in [-0.25, -0.2) is 0 Å². The highest BCUT2D eigenvalue weighted by atomic mass is 32.2. The molecule has 17 heavy (non-hydrogen) atoms. The van der Waals surface area contributed by atoms with Crippen molar-refractivity contribution in [1.29, 1.82) is 0 Å². The Bertz CT molecular complexity index is 441. The normalized spacial score (nSPS) is 17.9. The van der Waals surface area contributed by atoms with Crippen molar-refractivity contribution in [3.05, 3.63) is 30.3 Å². The van der Waals surface area contributed by atoms with E-state index in [1.165, 1.54) is 0 Å². The lowest BCUT2D eigenvalue weighted by molar-refractivity contribution is 0.428. The SMILES string of the molecule is O=S(=O)(Nc1ccccc1)NC1CCNCC1. The van der Waals surface area contributed by atoms with Crippen LogP contribution >= 0.6 is 0 Å². The van der Waals surface area contributed by atoms with E-state index in [9.17, 15) is 8.42 Å². The van der Waals surface area contributed by atoms with Gasteiger partial charge < -0.3 is 5.32 Å². The Balaban J connectivity index is 1.94. The molecule has 0 aromatic heterocycles. The molecule has 0 radical (unpaired) electrons. The van der Waals surface area contributed by atoms with Crippen molar-refractivity contribution in [2.24, 2.45) is 0 Å². The number of hydrogen-bond acceptors (Lipinski definition) is 3. The Morgan fingerprint density at radius 2 is 1.76 bits per heavy atom. The molecule has 1 aliphatic rings. The van der Waals surface area contributed by atoms with Crippen LogP contribution in [-0.2, 0) is 10.2 Å². The van der Waals surface area contributed by atoms with E-state index in [1.807, 2.05) is 6.07 Å². The molecule has 0 spiro atoms. The molecule has 0 amide bonds. The van der Waals surface area contributed by atoms with Gasteiger partial charge in [0.2, 0.25) is 0 Å². The predicted molar refractivity (Wildman–Crippen MR) is 68.0 cm³/mol. The summed E-state index contributed by atoms with van der Waals surface area (Å²) in [6.45, 7) is 1.72. The molecule has 0 unspecified atom stereocenters. The average Bonchev–Trinajstić information content (AvgIpc) is 2.30. The van der Waals surface area contributed by atoms with Crippen molar-refractivity contribution >= 4 is 15.9 Å². The van der Waals surface area contributed by atoms with E-state index in [1.54, 1.807) is 24.3 Å². The minimum absolute atomic E-state index is 0.0254. The summed E-state index contributed by atoms with van der Waals surface area (Å²) in [6, 6.07) is 8.91. The zero-order chi connectivity index (χ0) is 12.1. The van der Waals surface area contributed by atoms with Crippen LogP contribution in [0, 0.1) is 0 Å². The molecule has 0 bridgehead atoms. The molecule has 3 N–H and O–H groups in total. The molecule has 1 saturated heterocycles. The average molecular weight is 255 g/mol. The molecule has 0 atom stereocenters. The van der Waals surface area contributed by atoms with Crippen LogP contribution in [0.5, 0.6) is 0 Å². The van der Waals surface area contributed by atoms with Gasteiger partial charge in [-0.1, -0.05) is 18.2 Å². The van der Waals surface area contributed by atoms with E-state index in [0.717, 1.165) is 25.9 Å². The zero-order valence-electron chi connectivity index (χ0n) is 9.52. The second kappa shape index (κ2) is 5.48. The predicted octanol–water partition coefficient (Wildman–Crippen LogP) is 0.685. The fraction of sp³-hybridized carbons (Fsp3) is 0.455. The molecule has 6 heteroatoms. The first kappa shape index (κ1) is 12.3. The Hall–Kier alpha value is -1.11. The van der Waals surface area contributed by atoms with Crippen LogP contribution in [-0.4, -0.2) is 27.5 Å². The number of piperidine rings is 1. The summed E-state index contributed by atoms with van der Waals surface area (Å²) in [5, 5.41) is 3.19. The van der Waals surface area contributed by atoms with Gasteiger partial charge in [0.1, 0.15) is 0 Å². The lowest BCUT2D eigenvalue weighted by Crippen LogP contribution is -2.44. The van der Waals surface area contributed by atoms with Gasteiger partial charge in [0.05, 0.1) is 0 Å². The Morgan fingerprint density at radius 1 is 1.12 bits per heavy atom. The van der Waals surface area contributed by atoms with Crippen molar-refractivity contribution in [2.75, 3.05) is 17.8 Å². The van der Waals surface area contributed by atoms with Gasteiger partial charge in [-0.05, 0) is 38.1 Å². The van der Waals surface area contributed by atoms with Crippen molar-refractivity contribution < 1.29 is 8.42 Å². The van der Waals surface area contributed by atoms with Crippen molar-refractivity contribution in [3.8, 4) is 0 Å². The first-order valence-electron chi connectivity index (χ1n) is 5.71. The fourth-order valence-electron chi connectivity index (χ4n) is 1.85. The smallest absolute Gasteiger partial charge is 0.299 e. The molecule has 1 aliphatic heterocycles. The van der Waals surface area contributed by atoms with Gasteiger partial charge in [0.25, 0.3) is 10.2 Å². The van der Waals surface area contributed by atoms with Gasteiger partial charge in [0.15, 0.2) is 0 Å². The van der Waals surface area contributed by atoms with E-state index in [0.29, 0.717) is 5.69 Å². The third kappa shape index (κ3) is 3.99. The van der Waals surface area contributed by atoms with Gasteiger partial charge in [-0.15, -0.1) is 0 Å². The van der Waals surface area contributed by atoms with Crippen LogP contribution in [0.3, 0.4) is 0 Å². The van der Waals surface area contributed by atoms with Crippen molar-refractivity contribution in [1.82, 2.24) is 10.0 Å². The van der Waals surface area contributed by atoms with Crippen LogP contribution in [0.4, 0.5) is 5.69 Å². The molecular weight excluding hydrogens is 238 g/mol. The number of rotatable bonds is 4. The minimum atomic E-state index is -3.46. The monoisotopic (exact) mass is 255 g/mol. The molecule has 5 nitrogen and oxygen atoms in total. The Kier molecular flexibility index (Phi) is 3.98. The summed E-state index contributed by atoms with van der Waals surface area (Å²) >= 11 is 0. The number of anilines is 1. The number of benzene rings is 1. The van der Waals surface area contributed by atoms with Gasteiger partial charge in [-0.2, -0.15) is 13.1 Å². The maximum atomic E-state index is 11.8. The first-order valence-corrected chi connectivity index (χ1v) is 7.20. The number of hydrogen-bond donors (Lipinski definition) is 3. The summed E-state index contributed by atoms with van der Waals surface area (Å²) in [5.41, 5.74) is 0.578. The molecular formula is C11H17N3O2S. The number of nitrogens with one attached hydrogen (secondary N) is 3.